The molecule has 28 heavy (non-hydrogen) atoms. The van der Waals surface area contributed by atoms with Crippen molar-refractivity contribution in [3.05, 3.63) is 53.6 Å². The summed E-state index contributed by atoms with van der Waals surface area (Å²) >= 11 is 0. The summed E-state index contributed by atoms with van der Waals surface area (Å²) in [6.07, 6.45) is 5.78. The zero-order valence-electron chi connectivity index (χ0n) is 15.8. The van der Waals surface area contributed by atoms with Crippen LogP contribution in [-0.2, 0) is 0 Å². The number of aromatic carboxylic acids is 1. The number of nitrogens with zero attached hydrogens (tertiary/aromatic N) is 3. The van der Waals surface area contributed by atoms with Crippen molar-refractivity contribution in [1.82, 2.24) is 20.2 Å². The fourth-order valence-electron chi connectivity index (χ4n) is 3.35. The summed E-state index contributed by atoms with van der Waals surface area (Å²) in [5, 5.41) is 11.8. The normalized spacial score (nSPS) is 15.6. The van der Waals surface area contributed by atoms with Crippen LogP contribution in [-0.4, -0.2) is 58.6 Å². The molecule has 0 radical (unpaired) electrons. The Morgan fingerprint density at radius 1 is 1.11 bits per heavy atom. The lowest BCUT2D eigenvalue weighted by Gasteiger charge is -2.35. The maximum absolute atomic E-state index is 12.4. The lowest BCUT2D eigenvalue weighted by atomic mass is 10.0. The number of aromatic nitrogens is 2. The van der Waals surface area contributed by atoms with E-state index in [1.54, 1.807) is 7.11 Å². The second-order valence-electron chi connectivity index (χ2n) is 6.69. The van der Waals surface area contributed by atoms with Gasteiger partial charge in [-0.1, -0.05) is 18.6 Å². The van der Waals surface area contributed by atoms with Crippen LogP contribution in [0, 0.1) is 0 Å². The number of methoxy groups -OCH3 is 1. The Kier molecular flexibility index (Phi) is 6.54. The molecule has 8 nitrogen and oxygen atoms in total. The number of piperidine rings is 1. The van der Waals surface area contributed by atoms with Gasteiger partial charge in [0, 0.05) is 6.54 Å². The van der Waals surface area contributed by atoms with Gasteiger partial charge in [0.25, 0.3) is 5.91 Å². The maximum atomic E-state index is 12.4. The van der Waals surface area contributed by atoms with Gasteiger partial charge in [-0.2, -0.15) is 0 Å². The van der Waals surface area contributed by atoms with Crippen molar-refractivity contribution < 1.29 is 19.4 Å². The number of nitrogens with one attached hydrogen (secondary N) is 1. The standard InChI is InChI=1S/C20H24N4O4/c1-28-15-7-5-14(6-8-15)18(24-9-3-2-4-10-24)13-23-19(25)16-11-22-17(12-21-16)20(26)27/h5-8,11-12,18H,2-4,9-10,13H2,1H3,(H,23,25)(H,26,27). The third-order valence-corrected chi connectivity index (χ3v) is 4.89. The number of carbonyl (C=O) groups is 2. The molecule has 1 aliphatic heterocycles. The van der Waals surface area contributed by atoms with Crippen molar-refractivity contribution in [3.63, 3.8) is 0 Å². The monoisotopic (exact) mass is 384 g/mol. The van der Waals surface area contributed by atoms with Crippen molar-refractivity contribution in [1.29, 1.82) is 0 Å². The summed E-state index contributed by atoms with van der Waals surface area (Å²) in [7, 11) is 1.63. The first kappa shape index (κ1) is 19.8. The summed E-state index contributed by atoms with van der Waals surface area (Å²) in [4.78, 5) is 33.3. The van der Waals surface area contributed by atoms with E-state index in [1.165, 1.54) is 12.6 Å². The lowest BCUT2D eigenvalue weighted by Crippen LogP contribution is -2.40. The van der Waals surface area contributed by atoms with Crippen LogP contribution in [0.4, 0.5) is 0 Å². The van der Waals surface area contributed by atoms with E-state index in [1.807, 2.05) is 24.3 Å². The van der Waals surface area contributed by atoms with Gasteiger partial charge in [0.2, 0.25) is 0 Å². The number of ether oxygens (including phenoxy) is 1. The Labute approximate surface area is 163 Å². The molecule has 0 aliphatic carbocycles. The topological polar surface area (TPSA) is 105 Å². The van der Waals surface area contributed by atoms with Gasteiger partial charge in [-0.25, -0.2) is 14.8 Å². The third-order valence-electron chi connectivity index (χ3n) is 4.89. The van der Waals surface area contributed by atoms with Crippen LogP contribution < -0.4 is 10.1 Å². The van der Waals surface area contributed by atoms with Gasteiger partial charge < -0.3 is 15.2 Å². The molecular weight excluding hydrogens is 360 g/mol. The number of rotatable bonds is 7. The van der Waals surface area contributed by atoms with Crippen LogP contribution >= 0.6 is 0 Å². The average molecular weight is 384 g/mol. The van der Waals surface area contributed by atoms with Crippen molar-refractivity contribution in [2.24, 2.45) is 0 Å². The number of carboxylic acid groups (broad SMARTS) is 1. The number of carbonyl (C=O) groups excluding carboxylic acids is 1. The van der Waals surface area contributed by atoms with E-state index in [2.05, 4.69) is 20.2 Å². The van der Waals surface area contributed by atoms with Crippen LogP contribution in [0.5, 0.6) is 5.75 Å². The van der Waals surface area contributed by atoms with E-state index in [0.29, 0.717) is 6.54 Å². The molecule has 1 aromatic carbocycles. The zero-order chi connectivity index (χ0) is 19.9. The Morgan fingerprint density at radius 2 is 1.75 bits per heavy atom. The van der Waals surface area contributed by atoms with Gasteiger partial charge >= 0.3 is 5.97 Å². The number of likely N-dealkylation sites (tertiary alicyclic amines) is 1. The van der Waals surface area contributed by atoms with E-state index in [4.69, 9.17) is 9.84 Å². The second-order valence-corrected chi connectivity index (χ2v) is 6.69. The van der Waals surface area contributed by atoms with Gasteiger partial charge in [0.15, 0.2) is 5.69 Å². The van der Waals surface area contributed by atoms with E-state index < -0.39 is 5.97 Å². The molecule has 1 unspecified atom stereocenters. The molecule has 2 aromatic rings. The number of amides is 1. The van der Waals surface area contributed by atoms with E-state index >= 15 is 0 Å². The Morgan fingerprint density at radius 3 is 2.32 bits per heavy atom. The number of carboxylic acids is 1. The molecule has 0 bridgehead atoms. The first-order valence-corrected chi connectivity index (χ1v) is 9.30. The first-order chi connectivity index (χ1) is 13.6. The molecule has 0 saturated carbocycles. The van der Waals surface area contributed by atoms with Crippen LogP contribution in [0.25, 0.3) is 0 Å². The highest BCUT2D eigenvalue weighted by atomic mass is 16.5. The summed E-state index contributed by atoms with van der Waals surface area (Å²) in [6, 6.07) is 7.92. The quantitative estimate of drug-likeness (QED) is 0.753. The minimum atomic E-state index is -1.18. The Hall–Kier alpha value is -3.00. The molecule has 3 rings (SSSR count). The van der Waals surface area contributed by atoms with E-state index in [0.717, 1.165) is 43.4 Å². The van der Waals surface area contributed by atoms with Crippen molar-refractivity contribution >= 4 is 11.9 Å². The number of hydrogen-bond acceptors (Lipinski definition) is 6. The van der Waals surface area contributed by atoms with Crippen molar-refractivity contribution in [2.45, 2.75) is 25.3 Å². The van der Waals surface area contributed by atoms with Crippen LogP contribution in [0.1, 0.15) is 51.8 Å². The zero-order valence-corrected chi connectivity index (χ0v) is 15.8. The molecule has 1 fully saturated rings. The largest absolute Gasteiger partial charge is 0.497 e. The summed E-state index contributed by atoms with van der Waals surface area (Å²) < 4.78 is 5.24. The Balaban J connectivity index is 1.71. The highest BCUT2D eigenvalue weighted by Gasteiger charge is 2.23. The highest BCUT2D eigenvalue weighted by Crippen LogP contribution is 2.26. The average Bonchev–Trinajstić information content (AvgIpc) is 2.75. The molecule has 1 aliphatic rings. The molecule has 2 heterocycles. The minimum Gasteiger partial charge on any atom is -0.497 e. The summed E-state index contributed by atoms with van der Waals surface area (Å²) in [5.41, 5.74) is 1.01. The second kappa shape index (κ2) is 9.27. The molecule has 148 valence electrons. The molecule has 1 saturated heterocycles. The highest BCUT2D eigenvalue weighted by molar-refractivity contribution is 5.92. The molecule has 8 heteroatoms. The summed E-state index contributed by atoms with van der Waals surface area (Å²) in [5.74, 6) is -0.761. The Bertz CT molecular complexity index is 802. The van der Waals surface area contributed by atoms with Crippen molar-refractivity contribution in [3.8, 4) is 5.75 Å². The lowest BCUT2D eigenvalue weighted by molar-refractivity contribution is 0.0689. The van der Waals surface area contributed by atoms with Gasteiger partial charge in [-0.05, 0) is 43.6 Å². The first-order valence-electron chi connectivity index (χ1n) is 9.30. The van der Waals surface area contributed by atoms with Crippen LogP contribution in [0.15, 0.2) is 36.7 Å². The van der Waals surface area contributed by atoms with E-state index in [-0.39, 0.29) is 23.3 Å². The number of benzene rings is 1. The predicted octanol–water partition coefficient (Wildman–Crippen LogP) is 2.14. The van der Waals surface area contributed by atoms with Gasteiger partial charge in [-0.15, -0.1) is 0 Å². The smallest absolute Gasteiger partial charge is 0.356 e. The molecule has 1 atom stereocenters. The SMILES string of the molecule is COc1ccc(C(CNC(=O)c2cnc(C(=O)O)cn2)N2CCCCC2)cc1. The fraction of sp³-hybridized carbons (Fsp3) is 0.400. The maximum Gasteiger partial charge on any atom is 0.356 e. The van der Waals surface area contributed by atoms with Crippen molar-refractivity contribution in [2.75, 3.05) is 26.7 Å². The number of hydrogen-bond donors (Lipinski definition) is 2. The van der Waals surface area contributed by atoms with Gasteiger partial charge in [-0.3, -0.25) is 9.69 Å². The predicted molar refractivity (Wildman–Crippen MR) is 102 cm³/mol. The van der Waals surface area contributed by atoms with Crippen LogP contribution in [0.2, 0.25) is 0 Å². The summed E-state index contributed by atoms with van der Waals surface area (Å²) in [6.45, 7) is 2.40. The molecule has 1 aromatic heterocycles. The third kappa shape index (κ3) is 4.83. The molecular formula is C20H24N4O4. The molecule has 1 amide bonds. The van der Waals surface area contributed by atoms with E-state index in [9.17, 15) is 9.59 Å². The minimum absolute atomic E-state index is 0.0430. The van der Waals surface area contributed by atoms with Gasteiger partial charge in [0.1, 0.15) is 11.4 Å². The van der Waals surface area contributed by atoms with Gasteiger partial charge in [0.05, 0.1) is 25.5 Å². The molecule has 0 spiro atoms. The fourth-order valence-corrected chi connectivity index (χ4v) is 3.35. The van der Waals surface area contributed by atoms with Crippen LogP contribution in [0.3, 0.4) is 0 Å². The molecule has 2 N–H and O–H groups in total.